The zero-order chi connectivity index (χ0) is 37.7. The van der Waals surface area contributed by atoms with E-state index in [4.69, 9.17) is 32.7 Å². The lowest BCUT2D eigenvalue weighted by Crippen LogP contribution is -2.15. The number of hydrogen-bond acceptors (Lipinski definition) is 11. The second-order valence-corrected chi connectivity index (χ2v) is 12.9. The maximum absolute atomic E-state index is 13.3. The van der Waals surface area contributed by atoms with Crippen molar-refractivity contribution >= 4 is 57.2 Å². The maximum Gasteiger partial charge on any atom is 0.451 e. The second kappa shape index (κ2) is 14.0. The third-order valence-electron chi connectivity index (χ3n) is 8.02. The van der Waals surface area contributed by atoms with E-state index in [0.717, 1.165) is 25.7 Å². The second-order valence-electron chi connectivity index (χ2n) is 12.1. The van der Waals surface area contributed by atoms with Crippen LogP contribution in [0.1, 0.15) is 42.9 Å². The molecule has 0 unspecified atom stereocenters. The first-order valence-corrected chi connectivity index (χ1v) is 16.7. The number of methoxy groups -OCH3 is 2. The van der Waals surface area contributed by atoms with Crippen LogP contribution in [-0.4, -0.2) is 70.3 Å². The number of benzene rings is 1. The van der Waals surface area contributed by atoms with Gasteiger partial charge in [0.25, 0.3) is 0 Å². The molecule has 0 spiro atoms. The number of pyridine rings is 1. The Morgan fingerprint density at radius 3 is 1.75 bits per heavy atom. The third-order valence-corrected chi connectivity index (χ3v) is 8.41. The normalized spacial score (nSPS) is 14.6. The van der Waals surface area contributed by atoms with Gasteiger partial charge in [-0.05, 0) is 55.5 Å². The highest BCUT2D eigenvalue weighted by atomic mass is 35.5. The molecule has 0 bridgehead atoms. The number of aromatic nitrogens is 9. The summed E-state index contributed by atoms with van der Waals surface area (Å²) in [6.45, 7) is 0.190. The van der Waals surface area contributed by atoms with Crippen LogP contribution in [0, 0.1) is 0 Å². The number of ether oxygens (including phenoxy) is 2. The van der Waals surface area contributed by atoms with Gasteiger partial charge in [-0.15, -0.1) is 0 Å². The van der Waals surface area contributed by atoms with E-state index in [0.29, 0.717) is 22.7 Å². The SMILES string of the molecule is COc1ccc(-n2cnc3c(NC4CC4)nc(C(F)(F)F)nc32)cc1OC.FC(F)(F)c1nc(NC2CC2)c2ncn(Cc3cc(Cl)nc(Cl)c3)c2n1. The molecular weight excluding hydrogens is 755 g/mol. The first-order chi connectivity index (χ1) is 25.2. The number of anilines is 2. The van der Waals surface area contributed by atoms with Crippen molar-refractivity contribution in [3.05, 3.63) is 70.5 Å². The topological polar surface area (TPSA) is 143 Å². The van der Waals surface area contributed by atoms with Crippen molar-refractivity contribution in [2.45, 2.75) is 56.7 Å². The minimum atomic E-state index is -4.67. The Balaban J connectivity index is 0.000000164. The van der Waals surface area contributed by atoms with Crippen molar-refractivity contribution < 1.29 is 35.8 Å². The van der Waals surface area contributed by atoms with E-state index >= 15 is 0 Å². The molecule has 0 atom stereocenters. The Hall–Kier alpha value is -5.17. The highest BCUT2D eigenvalue weighted by Crippen LogP contribution is 2.36. The molecule has 0 radical (unpaired) electrons. The van der Waals surface area contributed by atoms with Gasteiger partial charge >= 0.3 is 12.4 Å². The van der Waals surface area contributed by atoms with Gasteiger partial charge in [0, 0.05) is 18.2 Å². The van der Waals surface area contributed by atoms with Gasteiger partial charge in [0.15, 0.2) is 39.9 Å². The largest absolute Gasteiger partial charge is 0.493 e. The molecule has 2 aliphatic carbocycles. The van der Waals surface area contributed by atoms with Crippen LogP contribution >= 0.6 is 23.2 Å². The molecule has 6 aromatic rings. The Labute approximate surface area is 305 Å². The summed E-state index contributed by atoms with van der Waals surface area (Å²) in [5.41, 5.74) is 1.92. The summed E-state index contributed by atoms with van der Waals surface area (Å²) in [5.74, 6) is -1.28. The molecular formula is C32H27Cl2F6N11O2. The molecule has 0 aliphatic heterocycles. The van der Waals surface area contributed by atoms with Gasteiger partial charge in [-0.2, -0.15) is 26.3 Å². The lowest BCUT2D eigenvalue weighted by Gasteiger charge is -2.12. The van der Waals surface area contributed by atoms with Gasteiger partial charge in [-0.25, -0.2) is 34.9 Å². The molecule has 8 rings (SSSR count). The minimum Gasteiger partial charge on any atom is -0.493 e. The van der Waals surface area contributed by atoms with E-state index in [1.807, 2.05) is 0 Å². The fourth-order valence-corrected chi connectivity index (χ4v) is 5.73. The summed E-state index contributed by atoms with van der Waals surface area (Å²) in [5, 5.41) is 6.38. The number of nitrogens with one attached hydrogen (secondary N) is 2. The van der Waals surface area contributed by atoms with Crippen molar-refractivity contribution in [2.75, 3.05) is 24.9 Å². The van der Waals surface area contributed by atoms with Gasteiger partial charge in [0.05, 0.1) is 32.8 Å². The Bertz CT molecular complexity index is 2290. The van der Waals surface area contributed by atoms with E-state index in [1.54, 1.807) is 30.3 Å². The van der Waals surface area contributed by atoms with Crippen LogP contribution < -0.4 is 20.1 Å². The first-order valence-electron chi connectivity index (χ1n) is 15.9. The summed E-state index contributed by atoms with van der Waals surface area (Å²) >= 11 is 11.8. The highest BCUT2D eigenvalue weighted by molar-refractivity contribution is 6.32. The molecule has 5 aromatic heterocycles. The number of alkyl halides is 6. The fraction of sp³-hybridized carbons (Fsp3) is 0.344. The van der Waals surface area contributed by atoms with E-state index in [2.05, 4.69) is 45.5 Å². The predicted octanol–water partition coefficient (Wildman–Crippen LogP) is 7.60. The van der Waals surface area contributed by atoms with Gasteiger partial charge in [0.1, 0.15) is 22.2 Å². The van der Waals surface area contributed by atoms with Crippen molar-refractivity contribution in [1.29, 1.82) is 0 Å². The number of fused-ring (bicyclic) bond motifs is 2. The molecule has 2 aliphatic rings. The zero-order valence-corrected chi connectivity index (χ0v) is 29.1. The molecule has 13 nitrogen and oxygen atoms in total. The standard InChI is InChI=1S/C17H16F3N5O2.C15H11Cl2F3N6/c1-26-11-6-5-10(7-12(11)27-2)25-8-21-13-14(22-9-3-4-9)23-16(17(18,19)20)24-15(13)25;16-9-3-7(4-10(17)23-9)5-26-6-21-11-12(22-8-1-2-8)24-14(15(18,19)20)25-13(11)26/h5-9H,3-4H2,1-2H3,(H,22,23,24);3-4,6,8H,1-2,5H2,(H,22,24,25). The lowest BCUT2D eigenvalue weighted by atomic mass is 10.2. The van der Waals surface area contributed by atoms with Gasteiger partial charge in [0.2, 0.25) is 11.6 Å². The number of halogens is 8. The Morgan fingerprint density at radius 1 is 0.698 bits per heavy atom. The Morgan fingerprint density at radius 2 is 1.23 bits per heavy atom. The number of hydrogen-bond donors (Lipinski definition) is 2. The van der Waals surface area contributed by atoms with Gasteiger partial charge < -0.3 is 24.7 Å². The number of rotatable bonds is 9. The van der Waals surface area contributed by atoms with Crippen LogP contribution in [0.25, 0.3) is 28.0 Å². The number of imidazole rings is 2. The van der Waals surface area contributed by atoms with Crippen molar-refractivity contribution in [1.82, 2.24) is 44.0 Å². The number of nitrogens with zero attached hydrogens (tertiary/aromatic N) is 9. The molecule has 21 heteroatoms. The summed E-state index contributed by atoms with van der Waals surface area (Å²) in [6.07, 6.45) is -2.93. The molecule has 278 valence electrons. The van der Waals surface area contributed by atoms with E-state index < -0.39 is 24.0 Å². The molecule has 0 amide bonds. The highest BCUT2D eigenvalue weighted by Gasteiger charge is 2.38. The van der Waals surface area contributed by atoms with Gasteiger partial charge in [-0.3, -0.25) is 4.57 Å². The maximum atomic E-state index is 13.3. The van der Waals surface area contributed by atoms with Gasteiger partial charge in [-0.1, -0.05) is 23.2 Å². The Kier molecular flexibility index (Phi) is 9.56. The van der Waals surface area contributed by atoms with E-state index in [-0.39, 0.29) is 62.9 Å². The first kappa shape index (κ1) is 36.2. The molecule has 1 aromatic carbocycles. The zero-order valence-electron chi connectivity index (χ0n) is 27.6. The third kappa shape index (κ3) is 8.09. The lowest BCUT2D eigenvalue weighted by molar-refractivity contribution is -0.145. The van der Waals surface area contributed by atoms with Crippen LogP contribution in [0.2, 0.25) is 10.3 Å². The van der Waals surface area contributed by atoms with Crippen molar-refractivity contribution in [3.63, 3.8) is 0 Å². The average Bonchev–Trinajstić information content (AvgIpc) is 4.02. The van der Waals surface area contributed by atoms with Crippen LogP contribution in [0.15, 0.2) is 43.0 Å². The molecule has 2 saturated carbocycles. The van der Waals surface area contributed by atoms with Crippen LogP contribution in [0.3, 0.4) is 0 Å². The van der Waals surface area contributed by atoms with Crippen molar-refractivity contribution in [3.8, 4) is 17.2 Å². The summed E-state index contributed by atoms with van der Waals surface area (Å²) < 4.78 is 92.9. The monoisotopic (exact) mass is 781 g/mol. The summed E-state index contributed by atoms with van der Waals surface area (Å²) in [4.78, 5) is 26.9. The molecule has 53 heavy (non-hydrogen) atoms. The quantitative estimate of drug-likeness (QED) is 0.111. The molecule has 0 saturated heterocycles. The fourth-order valence-electron chi connectivity index (χ4n) is 5.22. The van der Waals surface area contributed by atoms with Crippen LogP contribution in [0.5, 0.6) is 11.5 Å². The predicted molar refractivity (Wildman–Crippen MR) is 182 cm³/mol. The van der Waals surface area contributed by atoms with E-state index in [1.165, 1.54) is 36.0 Å². The van der Waals surface area contributed by atoms with Crippen LogP contribution in [0.4, 0.5) is 38.0 Å². The minimum absolute atomic E-state index is 0.0627. The molecule has 2 fully saturated rings. The van der Waals surface area contributed by atoms with Crippen molar-refractivity contribution in [2.24, 2.45) is 0 Å². The summed E-state index contributed by atoms with van der Waals surface area (Å²) in [7, 11) is 2.98. The van der Waals surface area contributed by atoms with E-state index in [9.17, 15) is 26.3 Å². The van der Waals surface area contributed by atoms with Crippen LogP contribution in [-0.2, 0) is 18.9 Å². The smallest absolute Gasteiger partial charge is 0.451 e. The summed E-state index contributed by atoms with van der Waals surface area (Å²) in [6, 6.07) is 8.39. The average molecular weight is 783 g/mol. The molecule has 2 N–H and O–H groups in total. The molecule has 5 heterocycles.